The van der Waals surface area contributed by atoms with Gasteiger partial charge in [-0.2, -0.15) is 0 Å². The van der Waals surface area contributed by atoms with E-state index in [0.717, 1.165) is 25.3 Å². The molecule has 0 atom stereocenters. The highest BCUT2D eigenvalue weighted by Gasteiger charge is 1.98. The Morgan fingerprint density at radius 1 is 1.00 bits per heavy atom. The van der Waals surface area contributed by atoms with Crippen LogP contribution in [0, 0.1) is 5.92 Å². The van der Waals surface area contributed by atoms with Gasteiger partial charge in [0, 0.05) is 0 Å². The van der Waals surface area contributed by atoms with Gasteiger partial charge in [-0.3, -0.25) is 0 Å². The summed E-state index contributed by atoms with van der Waals surface area (Å²) in [5.74, 6) is 0.972. The first-order valence-electron chi connectivity index (χ1n) is 9.69. The summed E-state index contributed by atoms with van der Waals surface area (Å²) in [5, 5.41) is 0. The lowest BCUT2D eigenvalue weighted by molar-refractivity contribution is 0.454. The normalized spacial score (nSPS) is 10.9. The molecule has 0 saturated heterocycles. The lowest BCUT2D eigenvalue weighted by Gasteiger charge is -2.08. The minimum Gasteiger partial charge on any atom is -0.330 e. The second-order valence-corrected chi connectivity index (χ2v) is 6.13. The zero-order chi connectivity index (χ0) is 18.3. The van der Waals surface area contributed by atoms with Crippen molar-refractivity contribution < 1.29 is 0 Å². The minimum atomic E-state index is 0.819. The van der Waals surface area contributed by atoms with Gasteiger partial charge in [0.15, 0.2) is 0 Å². The maximum atomic E-state index is 5.03. The molecule has 138 valence electrons. The van der Waals surface area contributed by atoms with Crippen LogP contribution in [0.4, 0.5) is 0 Å². The van der Waals surface area contributed by atoms with Crippen LogP contribution >= 0.6 is 0 Å². The molecule has 0 amide bonds. The number of hydrogen-bond donors (Lipinski definition) is 1. The highest BCUT2D eigenvalue weighted by atomic mass is 14.5. The summed E-state index contributed by atoms with van der Waals surface area (Å²) in [5.41, 5.74) is 6.24. The van der Waals surface area contributed by atoms with Gasteiger partial charge in [0.2, 0.25) is 0 Å². The fraction of sp³-hybridized carbons (Fsp3) is 0.727. The molecule has 0 unspecified atom stereocenters. The van der Waals surface area contributed by atoms with E-state index in [1.807, 2.05) is 13.0 Å². The van der Waals surface area contributed by atoms with Gasteiger partial charge in [0.05, 0.1) is 0 Å². The predicted octanol–water partition coefficient (Wildman–Crippen LogP) is 7.44. The third-order valence-electron chi connectivity index (χ3n) is 3.44. The number of rotatable bonds is 10. The Hall–Kier alpha value is -0.820. The highest BCUT2D eigenvalue weighted by molar-refractivity contribution is 5.19. The Bertz CT molecular complexity index is 253. The minimum absolute atomic E-state index is 0.819. The van der Waals surface area contributed by atoms with Gasteiger partial charge in [-0.15, -0.1) is 0 Å². The first kappa shape index (κ1) is 27.0. The number of nitrogens with two attached hydrogens (primary N) is 1. The van der Waals surface area contributed by atoms with Gasteiger partial charge >= 0.3 is 0 Å². The topological polar surface area (TPSA) is 26.0 Å². The summed E-state index contributed by atoms with van der Waals surface area (Å²) in [6, 6.07) is 0. The van der Waals surface area contributed by atoms with E-state index in [0.29, 0.717) is 0 Å². The molecule has 2 N–H and O–H groups in total. The molecule has 0 aromatic heterocycles. The maximum Gasteiger partial charge on any atom is -0.00799 e. The van der Waals surface area contributed by atoms with Crippen LogP contribution in [-0.2, 0) is 0 Å². The van der Waals surface area contributed by atoms with Crippen molar-refractivity contribution in [2.24, 2.45) is 11.7 Å². The van der Waals surface area contributed by atoms with E-state index in [-0.39, 0.29) is 0 Å². The van der Waals surface area contributed by atoms with Gasteiger partial charge in [-0.25, -0.2) is 0 Å². The van der Waals surface area contributed by atoms with Gasteiger partial charge < -0.3 is 5.73 Å². The van der Waals surface area contributed by atoms with Crippen molar-refractivity contribution in [3.05, 3.63) is 36.5 Å². The van der Waals surface area contributed by atoms with Crippen LogP contribution in [0.2, 0.25) is 0 Å². The predicted molar refractivity (Wildman–Crippen MR) is 111 cm³/mol. The quantitative estimate of drug-likeness (QED) is 0.415. The molecule has 0 aromatic carbocycles. The Morgan fingerprint density at radius 3 is 1.78 bits per heavy atom. The van der Waals surface area contributed by atoms with E-state index in [2.05, 4.69) is 59.4 Å². The summed E-state index contributed by atoms with van der Waals surface area (Å²) in [4.78, 5) is 0. The SMILES string of the molecule is C=C/C(C)=C\C=C/CC.CCCCC(C)CCCC.CCCN. The fourth-order valence-corrected chi connectivity index (χ4v) is 1.67. The smallest absolute Gasteiger partial charge is 0.00799 e. The van der Waals surface area contributed by atoms with Crippen molar-refractivity contribution in [2.75, 3.05) is 6.54 Å². The van der Waals surface area contributed by atoms with E-state index < -0.39 is 0 Å². The lowest BCUT2D eigenvalue weighted by Crippen LogP contribution is -1.93. The third kappa shape index (κ3) is 33.8. The number of hydrogen-bond acceptors (Lipinski definition) is 1. The van der Waals surface area contributed by atoms with Crippen LogP contribution in [0.1, 0.15) is 92.9 Å². The fourth-order valence-electron chi connectivity index (χ4n) is 1.67. The molecular weight excluding hydrogens is 278 g/mol. The van der Waals surface area contributed by atoms with Crippen molar-refractivity contribution in [3.8, 4) is 0 Å². The summed E-state index contributed by atoms with van der Waals surface area (Å²) >= 11 is 0. The van der Waals surface area contributed by atoms with E-state index >= 15 is 0 Å². The Morgan fingerprint density at radius 2 is 1.48 bits per heavy atom. The van der Waals surface area contributed by atoms with E-state index in [1.165, 1.54) is 44.1 Å². The molecule has 1 heteroatoms. The highest BCUT2D eigenvalue weighted by Crippen LogP contribution is 2.14. The molecule has 1 nitrogen and oxygen atoms in total. The summed E-state index contributed by atoms with van der Waals surface area (Å²) < 4.78 is 0. The second-order valence-electron chi connectivity index (χ2n) is 6.13. The zero-order valence-electron chi connectivity index (χ0n) is 17.0. The van der Waals surface area contributed by atoms with Crippen molar-refractivity contribution in [2.45, 2.75) is 92.9 Å². The molecule has 0 bridgehead atoms. The van der Waals surface area contributed by atoms with Gasteiger partial charge in [-0.05, 0) is 32.2 Å². The molecule has 0 saturated carbocycles. The molecule has 0 aromatic rings. The molecule has 0 fully saturated rings. The van der Waals surface area contributed by atoms with Gasteiger partial charge in [0.1, 0.15) is 0 Å². The summed E-state index contributed by atoms with van der Waals surface area (Å²) in [7, 11) is 0. The van der Waals surface area contributed by atoms with Crippen molar-refractivity contribution >= 4 is 0 Å². The summed E-state index contributed by atoms with van der Waals surface area (Å²) in [6.45, 7) is 17.6. The van der Waals surface area contributed by atoms with Crippen LogP contribution in [0.5, 0.6) is 0 Å². The number of unbranched alkanes of at least 4 members (excludes halogenated alkanes) is 2. The van der Waals surface area contributed by atoms with E-state index in [1.54, 1.807) is 0 Å². The average molecular weight is 324 g/mol. The van der Waals surface area contributed by atoms with Gasteiger partial charge in [-0.1, -0.05) is 110 Å². The molecule has 0 heterocycles. The molecule has 0 spiro atoms. The molecule has 0 aliphatic rings. The van der Waals surface area contributed by atoms with Crippen LogP contribution < -0.4 is 5.73 Å². The number of allylic oxidation sites excluding steroid dienone is 5. The van der Waals surface area contributed by atoms with Crippen LogP contribution in [-0.4, -0.2) is 6.54 Å². The molecule has 0 aliphatic heterocycles. The Kier molecular flexibility index (Phi) is 30.7. The van der Waals surface area contributed by atoms with E-state index in [4.69, 9.17) is 5.73 Å². The third-order valence-corrected chi connectivity index (χ3v) is 3.44. The van der Waals surface area contributed by atoms with E-state index in [9.17, 15) is 0 Å². The van der Waals surface area contributed by atoms with Gasteiger partial charge in [0.25, 0.3) is 0 Å². The average Bonchev–Trinajstić information content (AvgIpc) is 2.58. The Labute approximate surface area is 148 Å². The molecule has 0 rings (SSSR count). The van der Waals surface area contributed by atoms with Crippen molar-refractivity contribution in [1.29, 1.82) is 0 Å². The molecular formula is C22H45N. The van der Waals surface area contributed by atoms with Crippen molar-refractivity contribution in [1.82, 2.24) is 0 Å². The molecule has 0 aliphatic carbocycles. The van der Waals surface area contributed by atoms with Crippen LogP contribution in [0.3, 0.4) is 0 Å². The molecule has 23 heavy (non-hydrogen) atoms. The molecule has 0 radical (unpaired) electrons. The lowest BCUT2D eigenvalue weighted by atomic mass is 9.98. The second kappa shape index (κ2) is 26.1. The standard InChI is InChI=1S/C10H22.C9H14.C3H9N/c1-4-6-8-10(3)9-7-5-2;1-4-6-7-8-9(3)5-2;1-2-3-4/h10H,4-9H2,1-3H3;5-8H,2,4H2,1,3H3;2-4H2,1H3/b;7-6-,9-8-;. The zero-order valence-corrected chi connectivity index (χ0v) is 17.0. The van der Waals surface area contributed by atoms with Crippen LogP contribution in [0.15, 0.2) is 36.5 Å². The maximum absolute atomic E-state index is 5.03. The monoisotopic (exact) mass is 323 g/mol. The largest absolute Gasteiger partial charge is 0.330 e. The first-order chi connectivity index (χ1) is 11.0. The Balaban J connectivity index is -0.000000284. The summed E-state index contributed by atoms with van der Waals surface area (Å²) in [6.07, 6.45) is 18.7. The first-order valence-corrected chi connectivity index (χ1v) is 9.69. The van der Waals surface area contributed by atoms with Crippen molar-refractivity contribution in [3.63, 3.8) is 0 Å². The van der Waals surface area contributed by atoms with Crippen LogP contribution in [0.25, 0.3) is 0 Å².